The second-order valence-electron chi connectivity index (χ2n) is 3.06. The minimum atomic E-state index is -6.63. The molecule has 0 aliphatic rings. The van der Waals surface area contributed by atoms with Crippen LogP contribution in [-0.2, 0) is 14.2 Å². The summed E-state index contributed by atoms with van der Waals surface area (Å²) in [6.45, 7) is -0.396. The Labute approximate surface area is 102 Å². The van der Waals surface area contributed by atoms with E-state index < -0.39 is 37.9 Å². The highest BCUT2D eigenvalue weighted by Crippen LogP contribution is 2.44. The van der Waals surface area contributed by atoms with E-state index in [9.17, 15) is 48.3 Å². The Balaban J connectivity index is 5.05. The second-order valence-corrected chi connectivity index (χ2v) is 3.06. The number of hydrogen-bond acceptors (Lipinski definition) is 3. The average Bonchev–Trinajstić information content (AvgIpc) is 1.88. The first kappa shape index (κ1) is 19.1. The smallest absolute Gasteiger partial charge is 0.230 e. The van der Waals surface area contributed by atoms with Gasteiger partial charge in [-0.25, -0.2) is 14.2 Å². The Morgan fingerprint density at radius 2 is 0.900 bits per heavy atom. The molecule has 14 heteroatoms. The molecule has 0 saturated carbocycles. The summed E-state index contributed by atoms with van der Waals surface area (Å²) in [5.41, 5.74) is 0. The zero-order chi connectivity index (χ0) is 16.6. The van der Waals surface area contributed by atoms with Crippen molar-refractivity contribution in [2.24, 2.45) is 0 Å². The van der Waals surface area contributed by atoms with Crippen molar-refractivity contribution in [2.45, 2.75) is 37.9 Å². The van der Waals surface area contributed by atoms with Crippen LogP contribution < -0.4 is 0 Å². The van der Waals surface area contributed by atoms with Gasteiger partial charge >= 0.3 is 31.0 Å². The van der Waals surface area contributed by atoms with Crippen LogP contribution in [0.3, 0.4) is 0 Å². The minimum Gasteiger partial charge on any atom is -0.230 e. The highest BCUT2D eigenvalue weighted by molar-refractivity contribution is 4.68. The van der Waals surface area contributed by atoms with Gasteiger partial charge in [-0.1, -0.05) is 0 Å². The Hall–Kier alpha value is -0.890. The summed E-state index contributed by atoms with van der Waals surface area (Å²) in [6.07, 6.45) is -30.4. The van der Waals surface area contributed by atoms with Crippen LogP contribution in [-0.4, -0.2) is 31.0 Å². The molecule has 0 unspecified atom stereocenters. The average molecular weight is 332 g/mol. The van der Waals surface area contributed by atoms with Crippen LogP contribution >= 0.6 is 0 Å². The fourth-order valence-corrected chi connectivity index (χ4v) is 0.643. The molecule has 0 amide bonds. The van der Waals surface area contributed by atoms with Crippen molar-refractivity contribution in [1.82, 2.24) is 0 Å². The molecule has 20 heavy (non-hydrogen) atoms. The molecule has 0 aromatic heterocycles. The molecular weight excluding hydrogens is 329 g/mol. The SMILES string of the molecule is CC(F)(F)OC(F)(F)OC(F)(F)C(F)(F)OC(F)(F)F. The molecule has 0 bridgehead atoms. The molecular formula is C6H3F11O3. The summed E-state index contributed by atoms with van der Waals surface area (Å²) >= 11 is 0. The van der Waals surface area contributed by atoms with Crippen LogP contribution in [0.2, 0.25) is 0 Å². The van der Waals surface area contributed by atoms with Crippen LogP contribution in [0, 0.1) is 0 Å². The van der Waals surface area contributed by atoms with Crippen molar-refractivity contribution in [1.29, 1.82) is 0 Å². The highest BCUT2D eigenvalue weighted by atomic mass is 19.4. The predicted octanol–water partition coefficient (Wildman–Crippen LogP) is 3.90. The summed E-state index contributed by atoms with van der Waals surface area (Å²) in [7, 11) is 0. The molecule has 0 atom stereocenters. The van der Waals surface area contributed by atoms with Crippen LogP contribution in [0.4, 0.5) is 48.3 Å². The second kappa shape index (κ2) is 5.14. The first-order valence-corrected chi connectivity index (χ1v) is 4.05. The largest absolute Gasteiger partial charge is 0.527 e. The van der Waals surface area contributed by atoms with Crippen LogP contribution in [0.25, 0.3) is 0 Å². The lowest BCUT2D eigenvalue weighted by molar-refractivity contribution is -0.571. The first-order chi connectivity index (χ1) is 8.37. The summed E-state index contributed by atoms with van der Waals surface area (Å²) in [6, 6.07) is 0. The standard InChI is InChI=1S/C6H3F11O3/c1-2(7,8)18-6(16,17)20-4(11,12)3(9,10)19-5(13,14)15/h1H3. The van der Waals surface area contributed by atoms with E-state index in [-0.39, 0.29) is 0 Å². The van der Waals surface area contributed by atoms with Gasteiger partial charge in [-0.2, -0.15) is 26.3 Å². The fraction of sp³-hybridized carbons (Fsp3) is 1.00. The number of ether oxygens (including phenoxy) is 3. The maximum Gasteiger partial charge on any atom is 0.527 e. The molecule has 0 N–H and O–H groups in total. The van der Waals surface area contributed by atoms with Gasteiger partial charge < -0.3 is 0 Å². The van der Waals surface area contributed by atoms with Crippen LogP contribution in [0.5, 0.6) is 0 Å². The molecule has 0 aromatic rings. The molecule has 0 fully saturated rings. The normalized spacial score (nSPS) is 15.6. The van der Waals surface area contributed by atoms with E-state index in [2.05, 4.69) is 4.74 Å². The van der Waals surface area contributed by atoms with Crippen molar-refractivity contribution in [3.8, 4) is 0 Å². The lowest BCUT2D eigenvalue weighted by Crippen LogP contribution is -2.52. The van der Waals surface area contributed by atoms with Crippen LogP contribution in [0.15, 0.2) is 0 Å². The summed E-state index contributed by atoms with van der Waals surface area (Å²) in [5, 5.41) is 0. The molecule has 0 saturated heterocycles. The molecule has 0 aliphatic heterocycles. The van der Waals surface area contributed by atoms with E-state index in [1.165, 1.54) is 0 Å². The van der Waals surface area contributed by atoms with E-state index >= 15 is 0 Å². The summed E-state index contributed by atoms with van der Waals surface area (Å²) in [5.74, 6) is 0. The van der Waals surface area contributed by atoms with Crippen molar-refractivity contribution in [3.05, 3.63) is 0 Å². The van der Waals surface area contributed by atoms with Gasteiger partial charge in [0.2, 0.25) is 0 Å². The first-order valence-electron chi connectivity index (χ1n) is 4.05. The fourth-order valence-electron chi connectivity index (χ4n) is 0.643. The lowest BCUT2D eigenvalue weighted by Gasteiger charge is -2.29. The topological polar surface area (TPSA) is 27.7 Å². The van der Waals surface area contributed by atoms with Gasteiger partial charge in [-0.3, -0.25) is 0 Å². The van der Waals surface area contributed by atoms with Crippen molar-refractivity contribution >= 4 is 0 Å². The zero-order valence-corrected chi connectivity index (χ0v) is 8.88. The van der Waals surface area contributed by atoms with E-state index in [4.69, 9.17) is 0 Å². The molecule has 0 aliphatic carbocycles. The van der Waals surface area contributed by atoms with Gasteiger partial charge in [0.05, 0.1) is 0 Å². The molecule has 0 spiro atoms. The Bertz CT molecular complexity index is 330. The van der Waals surface area contributed by atoms with Crippen LogP contribution in [0.1, 0.15) is 6.92 Å². The molecule has 0 heterocycles. The Morgan fingerprint density at radius 1 is 0.550 bits per heavy atom. The van der Waals surface area contributed by atoms with E-state index in [0.29, 0.717) is 0 Å². The quantitative estimate of drug-likeness (QED) is 0.545. The number of rotatable bonds is 6. The summed E-state index contributed by atoms with van der Waals surface area (Å²) in [4.78, 5) is 0. The maximum absolute atomic E-state index is 12.4. The van der Waals surface area contributed by atoms with Gasteiger partial charge in [0.1, 0.15) is 0 Å². The zero-order valence-electron chi connectivity index (χ0n) is 8.88. The summed E-state index contributed by atoms with van der Waals surface area (Å²) < 4.78 is 138. The maximum atomic E-state index is 12.4. The van der Waals surface area contributed by atoms with E-state index in [1.54, 1.807) is 4.74 Å². The third kappa shape index (κ3) is 6.51. The van der Waals surface area contributed by atoms with Crippen molar-refractivity contribution < 1.29 is 62.5 Å². The van der Waals surface area contributed by atoms with E-state index in [1.807, 2.05) is 4.74 Å². The molecule has 122 valence electrons. The van der Waals surface area contributed by atoms with Gasteiger partial charge in [0.15, 0.2) is 0 Å². The highest BCUT2D eigenvalue weighted by Gasteiger charge is 2.69. The number of hydrogen-bond donors (Lipinski definition) is 0. The third-order valence-electron chi connectivity index (χ3n) is 1.13. The molecule has 0 radical (unpaired) electrons. The van der Waals surface area contributed by atoms with Gasteiger partial charge in [0, 0.05) is 6.92 Å². The Morgan fingerprint density at radius 3 is 1.20 bits per heavy atom. The van der Waals surface area contributed by atoms with Crippen molar-refractivity contribution in [2.75, 3.05) is 0 Å². The van der Waals surface area contributed by atoms with Gasteiger partial charge in [-0.15, -0.1) is 22.0 Å². The van der Waals surface area contributed by atoms with Crippen molar-refractivity contribution in [3.63, 3.8) is 0 Å². The van der Waals surface area contributed by atoms with Gasteiger partial charge in [-0.05, 0) is 0 Å². The molecule has 0 aromatic carbocycles. The Kier molecular flexibility index (Phi) is 4.91. The lowest BCUT2D eigenvalue weighted by atomic mass is 10.6. The molecule has 0 rings (SSSR count). The van der Waals surface area contributed by atoms with E-state index in [0.717, 1.165) is 0 Å². The number of halogens is 11. The predicted molar refractivity (Wildman–Crippen MR) is 34.8 cm³/mol. The molecule has 3 nitrogen and oxygen atoms in total. The third-order valence-corrected chi connectivity index (χ3v) is 1.13. The number of alkyl halides is 11. The minimum absolute atomic E-state index is 0.396. The monoisotopic (exact) mass is 332 g/mol. The van der Waals surface area contributed by atoms with Gasteiger partial charge in [0.25, 0.3) is 0 Å².